The predicted octanol–water partition coefficient (Wildman–Crippen LogP) is 1.07. The number of hydrogen-bond donors (Lipinski definition) is 6. The second-order valence-electron chi connectivity index (χ2n) is 22.2. The van der Waals surface area contributed by atoms with Gasteiger partial charge in [0.1, 0.15) is 5.78 Å². The fraction of sp³-hybridized carbons (Fsp3) is 0.759. The van der Waals surface area contributed by atoms with Crippen LogP contribution < -0.4 is 16.0 Å². The molecule has 2 saturated heterocycles. The van der Waals surface area contributed by atoms with Gasteiger partial charge in [0.25, 0.3) is 11.8 Å². The summed E-state index contributed by atoms with van der Waals surface area (Å²) in [6.07, 6.45) is -1.98. The number of nitrogens with zero attached hydrogens (tertiary/aromatic N) is 4. The lowest BCUT2D eigenvalue weighted by Gasteiger charge is -2.46. The van der Waals surface area contributed by atoms with Crippen molar-refractivity contribution in [1.82, 2.24) is 35.6 Å². The maximum Gasteiger partial charge on any atom is 0.308 e. The van der Waals surface area contributed by atoms with Gasteiger partial charge < -0.3 is 50.5 Å². The van der Waals surface area contributed by atoms with E-state index in [0.29, 0.717) is 25.8 Å². The zero-order chi connectivity index (χ0) is 58.4. The van der Waals surface area contributed by atoms with Crippen molar-refractivity contribution in [3.8, 4) is 0 Å². The van der Waals surface area contributed by atoms with Crippen molar-refractivity contribution in [1.29, 1.82) is 0 Å². The lowest BCUT2D eigenvalue weighted by Crippen LogP contribution is -2.76. The molecule has 0 aromatic rings. The van der Waals surface area contributed by atoms with Gasteiger partial charge in [-0.2, -0.15) is 0 Å². The number of aliphatic hydroxyl groups is 1. The van der Waals surface area contributed by atoms with Crippen LogP contribution in [0.2, 0.25) is 0 Å². The second-order valence-corrected chi connectivity index (χ2v) is 22.2. The molecule has 3 rings (SSSR count). The van der Waals surface area contributed by atoms with Crippen molar-refractivity contribution in [3.63, 3.8) is 0 Å². The third kappa shape index (κ3) is 16.5. The summed E-state index contributed by atoms with van der Waals surface area (Å²) in [5, 5.41) is 38.1. The van der Waals surface area contributed by atoms with Crippen molar-refractivity contribution in [2.75, 3.05) is 61.5 Å². The first-order chi connectivity index (χ1) is 36.0. The number of rotatable bonds is 34. The summed E-state index contributed by atoms with van der Waals surface area (Å²) in [4.78, 5) is 153. The van der Waals surface area contributed by atoms with Gasteiger partial charge >= 0.3 is 11.9 Å². The molecule has 6 N–H and O–H groups in total. The Labute approximate surface area is 452 Å². The minimum Gasteiger partial charge on any atom is -0.481 e. The molecule has 3 aliphatic rings. The molecule has 0 aromatic heterocycles. The number of ketones is 3. The van der Waals surface area contributed by atoms with Crippen LogP contribution >= 0.6 is 0 Å². The zero-order valence-electron chi connectivity index (χ0n) is 47.4. The Bertz CT molecular complexity index is 2150. The molecular weight excluding hydrogens is 1000 g/mol. The van der Waals surface area contributed by atoms with Gasteiger partial charge in [-0.3, -0.25) is 62.5 Å². The van der Waals surface area contributed by atoms with Crippen molar-refractivity contribution in [3.05, 3.63) is 12.2 Å². The van der Waals surface area contributed by atoms with E-state index in [0.717, 1.165) is 17.1 Å². The first-order valence-corrected chi connectivity index (χ1v) is 26.9. The third-order valence-electron chi connectivity index (χ3n) is 15.9. The molecule has 12 atom stereocenters. The number of ether oxygens (including phenoxy) is 2. The lowest BCUT2D eigenvalue weighted by atomic mass is 9.83. The Balaban J connectivity index is 1.77. The van der Waals surface area contributed by atoms with E-state index in [1.807, 2.05) is 60.5 Å². The normalized spacial score (nSPS) is 20.6. The molecule has 0 aliphatic carbocycles. The number of likely N-dealkylation sites (N-methyl/N-ethyl adjacent to an activating group) is 2. The summed E-state index contributed by atoms with van der Waals surface area (Å²) < 4.78 is 12.0. The van der Waals surface area contributed by atoms with E-state index in [-0.39, 0.29) is 67.3 Å². The largest absolute Gasteiger partial charge is 0.481 e. The fourth-order valence-corrected chi connectivity index (χ4v) is 11.2. The summed E-state index contributed by atoms with van der Waals surface area (Å²) >= 11 is 0. The van der Waals surface area contributed by atoms with Gasteiger partial charge in [-0.1, -0.05) is 54.9 Å². The molecule has 6 amide bonds. The van der Waals surface area contributed by atoms with Crippen LogP contribution in [0.1, 0.15) is 113 Å². The van der Waals surface area contributed by atoms with Crippen LogP contribution in [0, 0.1) is 41.4 Å². The van der Waals surface area contributed by atoms with Gasteiger partial charge in [-0.25, -0.2) is 0 Å². The molecule has 23 heteroatoms. The van der Waals surface area contributed by atoms with Crippen LogP contribution in [0.5, 0.6) is 0 Å². The average Bonchev–Trinajstić information content (AvgIpc) is 3.96. The minimum atomic E-state index is -1.64. The Morgan fingerprint density at radius 3 is 1.88 bits per heavy atom. The number of likely N-dealkylation sites (tertiary alicyclic amines) is 1. The third-order valence-corrected chi connectivity index (χ3v) is 15.9. The van der Waals surface area contributed by atoms with E-state index >= 15 is 0 Å². The van der Waals surface area contributed by atoms with E-state index < -0.39 is 145 Å². The summed E-state index contributed by atoms with van der Waals surface area (Å²) in [5.74, 6) is -13.0. The number of carboxylic acids is 2. The van der Waals surface area contributed by atoms with Crippen LogP contribution in [0.25, 0.3) is 0 Å². The maximum absolute atomic E-state index is 14.5. The van der Waals surface area contributed by atoms with Crippen LogP contribution in [-0.2, 0) is 62.2 Å². The first kappa shape index (κ1) is 65.8. The number of Topliss-reactive ketones (excluding diaryl/α,β-unsaturated/α-hetero) is 3. The number of amides is 6. The summed E-state index contributed by atoms with van der Waals surface area (Å²) in [5.41, 5.74) is -1.64. The summed E-state index contributed by atoms with van der Waals surface area (Å²) in [7, 11) is 8.27. The molecule has 77 heavy (non-hydrogen) atoms. The standard InChI is InChI=1S/C54H87N7O16/c1-14-31(6)48(59(11)51(72)35(29(2)3)23-41(65)47(30(4)5)58(9)10)42(76-12)25-45(68)60-21-15-16-38(60)49(77-13)32(7)39(63)24-36(33(8)62)50(71)57-37(17-20-46(69)70)40(64)22-34(52(73)74)26-56-53(75)54(27-55-28-54)61-43(66)18-19-44(61)67/h18-19,29-38,42,47-49,55,62H,14-17,20-28H2,1-13H3,(H,56,75)(H,57,71)(H,69,70)(H,73,74)/t31-,32-,33+,34-,35-,36-,37-,38-,42+,47-,48-,49+/m0/s1. The minimum absolute atomic E-state index is 0.0252. The van der Waals surface area contributed by atoms with Gasteiger partial charge in [0, 0.05) is 97.1 Å². The molecule has 434 valence electrons. The zero-order valence-corrected chi connectivity index (χ0v) is 47.4. The van der Waals surface area contributed by atoms with Gasteiger partial charge in [-0.05, 0) is 58.0 Å². The number of hydrogen-bond acceptors (Lipinski definition) is 16. The van der Waals surface area contributed by atoms with Crippen molar-refractivity contribution in [2.45, 2.75) is 161 Å². The number of imide groups is 1. The summed E-state index contributed by atoms with van der Waals surface area (Å²) in [6.45, 7) is 14.1. The van der Waals surface area contributed by atoms with Crippen molar-refractivity contribution >= 4 is 64.7 Å². The highest BCUT2D eigenvalue weighted by Gasteiger charge is 2.55. The number of carboxylic acid groups (broad SMARTS) is 2. The highest BCUT2D eigenvalue weighted by atomic mass is 16.5. The van der Waals surface area contributed by atoms with Crippen LogP contribution in [0.4, 0.5) is 0 Å². The quantitative estimate of drug-likeness (QED) is 0.0491. The smallest absolute Gasteiger partial charge is 0.308 e. The van der Waals surface area contributed by atoms with E-state index in [2.05, 4.69) is 16.0 Å². The molecule has 0 aromatic carbocycles. The topological polar surface area (TPSA) is 316 Å². The van der Waals surface area contributed by atoms with Gasteiger partial charge in [0.05, 0.1) is 60.7 Å². The van der Waals surface area contributed by atoms with E-state index in [1.165, 1.54) is 21.1 Å². The Morgan fingerprint density at radius 2 is 1.42 bits per heavy atom. The molecule has 0 unspecified atom stereocenters. The Morgan fingerprint density at radius 1 is 0.818 bits per heavy atom. The number of nitrogens with one attached hydrogen (secondary N) is 3. The monoisotopic (exact) mass is 1090 g/mol. The lowest BCUT2D eigenvalue weighted by molar-refractivity contribution is -0.156. The number of carbonyl (C=O) groups is 11. The fourth-order valence-electron chi connectivity index (χ4n) is 11.2. The molecule has 0 bridgehead atoms. The van der Waals surface area contributed by atoms with Crippen LogP contribution in [0.15, 0.2) is 12.2 Å². The maximum atomic E-state index is 14.5. The SMILES string of the molecule is CC[C@H](C)[C@@H]([C@@H](CC(=O)N1CCC[C@H]1[C@H](OC)[C@@H](C)C(=O)C[C@H](C(=O)N[C@@H](CCC(=O)O)C(=O)C[C@@H](CNC(=O)C1(N2C(=O)C=CC2=O)CNC1)C(=O)O)[C@@H](C)O)OC)N(C)C(=O)[C@@H](CC(=O)[C@H](C(C)C)N(C)C)C(C)C. The first-order valence-electron chi connectivity index (χ1n) is 26.9. The van der Waals surface area contributed by atoms with Gasteiger partial charge in [0.15, 0.2) is 17.1 Å². The number of carbonyl (C=O) groups excluding carboxylic acids is 9. The van der Waals surface area contributed by atoms with Crippen molar-refractivity contribution < 1.29 is 77.5 Å². The molecule has 2 fully saturated rings. The molecule has 0 spiro atoms. The molecule has 3 heterocycles. The van der Waals surface area contributed by atoms with Gasteiger partial charge in [0.2, 0.25) is 23.6 Å². The van der Waals surface area contributed by atoms with Crippen molar-refractivity contribution in [2.24, 2.45) is 41.4 Å². The molecule has 3 aliphatic heterocycles. The van der Waals surface area contributed by atoms with Crippen LogP contribution in [-0.4, -0.2) is 209 Å². The molecular formula is C54H87N7O16. The van der Waals surface area contributed by atoms with E-state index in [4.69, 9.17) is 9.47 Å². The predicted molar refractivity (Wildman–Crippen MR) is 280 cm³/mol. The van der Waals surface area contributed by atoms with E-state index in [1.54, 1.807) is 23.8 Å². The Kier molecular flexibility index (Phi) is 25.2. The number of aliphatic carboxylic acids is 2. The summed E-state index contributed by atoms with van der Waals surface area (Å²) in [6, 6.07) is -3.11. The van der Waals surface area contributed by atoms with Crippen LogP contribution in [0.3, 0.4) is 0 Å². The highest BCUT2D eigenvalue weighted by molar-refractivity contribution is 6.16. The molecule has 23 nitrogen and oxygen atoms in total. The Hall–Kier alpha value is -5.49. The molecule has 0 radical (unpaired) electrons. The number of methoxy groups -OCH3 is 2. The van der Waals surface area contributed by atoms with E-state index in [9.17, 15) is 68.1 Å². The number of aliphatic hydroxyl groups excluding tert-OH is 1. The molecule has 0 saturated carbocycles. The average molecular weight is 1090 g/mol. The second kappa shape index (κ2) is 29.5. The van der Waals surface area contributed by atoms with Gasteiger partial charge in [-0.15, -0.1) is 0 Å². The highest BCUT2D eigenvalue weighted by Crippen LogP contribution is 2.32.